The van der Waals surface area contributed by atoms with Crippen LogP contribution in [0.4, 0.5) is 5.69 Å². The Balaban J connectivity index is 2.26. The van der Waals surface area contributed by atoms with Crippen molar-refractivity contribution in [2.75, 3.05) is 45.6 Å². The molecule has 0 amide bonds. The topological polar surface area (TPSA) is 39.7 Å². The van der Waals surface area contributed by atoms with Crippen molar-refractivity contribution in [3.63, 3.8) is 0 Å². The average molecular weight is 295 g/mol. The van der Waals surface area contributed by atoms with Gasteiger partial charge in [-0.1, -0.05) is 26.3 Å². The fraction of sp³-hybridized carbons (Fsp3) is 0.647. The van der Waals surface area contributed by atoms with Gasteiger partial charge in [0.1, 0.15) is 6.79 Å². The van der Waals surface area contributed by atoms with Crippen LogP contribution in [0.15, 0.2) is 18.2 Å². The molecule has 0 heterocycles. The number of methoxy groups -OCH3 is 1. The quantitative estimate of drug-likeness (QED) is 0.474. The molecule has 120 valence electrons. The summed E-state index contributed by atoms with van der Waals surface area (Å²) in [4.78, 5) is 0. The van der Waals surface area contributed by atoms with Gasteiger partial charge in [-0.3, -0.25) is 0 Å². The fourth-order valence-corrected chi connectivity index (χ4v) is 2.13. The number of ether oxygens (including phenoxy) is 3. The molecule has 1 aromatic rings. The van der Waals surface area contributed by atoms with E-state index in [2.05, 4.69) is 37.4 Å². The van der Waals surface area contributed by atoms with Crippen molar-refractivity contribution in [1.29, 1.82) is 0 Å². The zero-order chi connectivity index (χ0) is 15.3. The first-order valence-corrected chi connectivity index (χ1v) is 7.81. The predicted molar refractivity (Wildman–Crippen MR) is 87.0 cm³/mol. The third-order valence-corrected chi connectivity index (χ3v) is 3.15. The van der Waals surface area contributed by atoms with Crippen LogP contribution in [0.25, 0.3) is 0 Å². The van der Waals surface area contributed by atoms with Crippen LogP contribution >= 0.6 is 0 Å². The molecule has 0 bridgehead atoms. The highest BCUT2D eigenvalue weighted by Crippen LogP contribution is 2.16. The second-order valence-corrected chi connectivity index (χ2v) is 5.00. The van der Waals surface area contributed by atoms with Crippen LogP contribution in [0.5, 0.6) is 0 Å². The summed E-state index contributed by atoms with van der Waals surface area (Å²) >= 11 is 0. The Labute approximate surface area is 128 Å². The molecule has 0 aliphatic heterocycles. The monoisotopic (exact) mass is 295 g/mol. The van der Waals surface area contributed by atoms with Crippen LogP contribution in [0.2, 0.25) is 0 Å². The van der Waals surface area contributed by atoms with Crippen molar-refractivity contribution in [1.82, 2.24) is 0 Å². The number of aryl methyl sites for hydroxylation is 2. The standard InChI is InChI=1S/C17H29NO3/c1-4-6-16-11-15(5-2)12-17(13-16)18-7-8-20-9-10-21-14-19-3/h11-13,18H,4-10,14H2,1-3H3. The second-order valence-electron chi connectivity index (χ2n) is 5.00. The minimum atomic E-state index is 0.325. The molecule has 0 aromatic heterocycles. The van der Waals surface area contributed by atoms with Gasteiger partial charge in [0.2, 0.25) is 0 Å². The predicted octanol–water partition coefficient (Wildman–Crippen LogP) is 3.25. The lowest BCUT2D eigenvalue weighted by Crippen LogP contribution is -2.13. The molecule has 1 N–H and O–H groups in total. The Morgan fingerprint density at radius 2 is 1.71 bits per heavy atom. The highest BCUT2D eigenvalue weighted by Gasteiger charge is 2.00. The summed E-state index contributed by atoms with van der Waals surface area (Å²) in [7, 11) is 1.61. The molecule has 0 atom stereocenters. The van der Waals surface area contributed by atoms with Crippen molar-refractivity contribution in [2.45, 2.75) is 33.1 Å². The summed E-state index contributed by atoms with van der Waals surface area (Å²) in [6, 6.07) is 6.77. The second kappa shape index (κ2) is 11.5. The van der Waals surface area contributed by atoms with Gasteiger partial charge in [-0.2, -0.15) is 0 Å². The third kappa shape index (κ3) is 8.05. The lowest BCUT2D eigenvalue weighted by molar-refractivity contribution is -0.0498. The zero-order valence-electron chi connectivity index (χ0n) is 13.6. The summed E-state index contributed by atoms with van der Waals surface area (Å²) in [6.07, 6.45) is 3.38. The maximum Gasteiger partial charge on any atom is 0.146 e. The molecule has 0 saturated heterocycles. The summed E-state index contributed by atoms with van der Waals surface area (Å²) in [5.74, 6) is 0. The van der Waals surface area contributed by atoms with Crippen LogP contribution in [0.3, 0.4) is 0 Å². The SMILES string of the molecule is CCCc1cc(CC)cc(NCCOCCOCOC)c1. The Hall–Kier alpha value is -1.10. The number of nitrogens with one attached hydrogen (secondary N) is 1. The largest absolute Gasteiger partial charge is 0.383 e. The smallest absolute Gasteiger partial charge is 0.146 e. The van der Waals surface area contributed by atoms with E-state index in [9.17, 15) is 0 Å². The van der Waals surface area contributed by atoms with E-state index in [1.54, 1.807) is 7.11 Å². The maximum atomic E-state index is 5.49. The average Bonchev–Trinajstić information content (AvgIpc) is 2.50. The van der Waals surface area contributed by atoms with Crippen molar-refractivity contribution in [2.24, 2.45) is 0 Å². The molecule has 0 spiro atoms. The number of rotatable bonds is 12. The number of benzene rings is 1. The van der Waals surface area contributed by atoms with E-state index in [0.717, 1.165) is 19.4 Å². The number of anilines is 1. The van der Waals surface area contributed by atoms with E-state index >= 15 is 0 Å². The van der Waals surface area contributed by atoms with Gasteiger partial charge in [-0.25, -0.2) is 0 Å². The van der Waals surface area contributed by atoms with E-state index in [-0.39, 0.29) is 0 Å². The number of hydrogen-bond donors (Lipinski definition) is 1. The number of hydrogen-bond acceptors (Lipinski definition) is 4. The van der Waals surface area contributed by atoms with Crippen molar-refractivity contribution in [3.8, 4) is 0 Å². The Morgan fingerprint density at radius 1 is 0.952 bits per heavy atom. The first-order valence-electron chi connectivity index (χ1n) is 7.81. The van der Waals surface area contributed by atoms with Gasteiger partial charge in [0.15, 0.2) is 0 Å². The molecule has 0 unspecified atom stereocenters. The molecule has 1 rings (SSSR count). The Morgan fingerprint density at radius 3 is 2.43 bits per heavy atom. The molecular weight excluding hydrogens is 266 g/mol. The summed E-state index contributed by atoms with van der Waals surface area (Å²) < 4.78 is 15.4. The third-order valence-electron chi connectivity index (χ3n) is 3.15. The molecule has 0 radical (unpaired) electrons. The summed E-state index contributed by atoms with van der Waals surface area (Å²) in [5.41, 5.74) is 3.99. The minimum absolute atomic E-state index is 0.325. The van der Waals surface area contributed by atoms with Gasteiger partial charge >= 0.3 is 0 Å². The highest BCUT2D eigenvalue weighted by molar-refractivity contribution is 5.49. The van der Waals surface area contributed by atoms with Crippen LogP contribution < -0.4 is 5.32 Å². The molecule has 0 aliphatic carbocycles. The molecule has 0 aliphatic rings. The molecule has 0 fully saturated rings. The lowest BCUT2D eigenvalue weighted by Gasteiger charge is -2.11. The molecule has 1 aromatic carbocycles. The fourth-order valence-electron chi connectivity index (χ4n) is 2.13. The van der Waals surface area contributed by atoms with Gasteiger partial charge in [-0.05, 0) is 36.1 Å². The van der Waals surface area contributed by atoms with Crippen molar-refractivity contribution >= 4 is 5.69 Å². The zero-order valence-corrected chi connectivity index (χ0v) is 13.6. The van der Waals surface area contributed by atoms with Crippen LogP contribution in [-0.4, -0.2) is 40.3 Å². The minimum Gasteiger partial charge on any atom is -0.383 e. The van der Waals surface area contributed by atoms with Gasteiger partial charge in [0.05, 0.1) is 19.8 Å². The van der Waals surface area contributed by atoms with Gasteiger partial charge < -0.3 is 19.5 Å². The first kappa shape index (κ1) is 18.0. The van der Waals surface area contributed by atoms with Gasteiger partial charge in [0.25, 0.3) is 0 Å². The van der Waals surface area contributed by atoms with Gasteiger partial charge in [0, 0.05) is 19.3 Å². The molecule has 0 saturated carbocycles. The van der Waals surface area contributed by atoms with Crippen LogP contribution in [-0.2, 0) is 27.1 Å². The van der Waals surface area contributed by atoms with Gasteiger partial charge in [-0.15, -0.1) is 0 Å². The van der Waals surface area contributed by atoms with Crippen LogP contribution in [0, 0.1) is 0 Å². The molecule has 21 heavy (non-hydrogen) atoms. The summed E-state index contributed by atoms with van der Waals surface area (Å²) in [6.45, 7) is 7.38. The van der Waals surface area contributed by atoms with E-state index in [1.807, 2.05) is 0 Å². The van der Waals surface area contributed by atoms with Crippen molar-refractivity contribution < 1.29 is 14.2 Å². The maximum absolute atomic E-state index is 5.49. The normalized spacial score (nSPS) is 10.8. The van der Waals surface area contributed by atoms with Crippen LogP contribution in [0.1, 0.15) is 31.4 Å². The Kier molecular flexibility index (Phi) is 9.87. The van der Waals surface area contributed by atoms with E-state index < -0.39 is 0 Å². The van der Waals surface area contributed by atoms with E-state index in [1.165, 1.54) is 23.2 Å². The Bertz CT molecular complexity index is 382. The van der Waals surface area contributed by atoms with Crippen molar-refractivity contribution in [3.05, 3.63) is 29.3 Å². The molecular formula is C17H29NO3. The summed E-state index contributed by atoms with van der Waals surface area (Å²) in [5, 5.41) is 3.43. The molecule has 4 heteroatoms. The first-order chi connectivity index (χ1) is 10.3. The van der Waals surface area contributed by atoms with E-state index in [0.29, 0.717) is 26.6 Å². The van der Waals surface area contributed by atoms with E-state index in [4.69, 9.17) is 14.2 Å². The highest BCUT2D eigenvalue weighted by atomic mass is 16.7. The molecule has 4 nitrogen and oxygen atoms in total. The lowest BCUT2D eigenvalue weighted by atomic mass is 10.0.